The van der Waals surface area contributed by atoms with Crippen molar-refractivity contribution in [2.75, 3.05) is 7.11 Å². The van der Waals surface area contributed by atoms with Gasteiger partial charge in [0.25, 0.3) is 0 Å². The third-order valence-corrected chi connectivity index (χ3v) is 2.91. The van der Waals surface area contributed by atoms with Gasteiger partial charge >= 0.3 is 5.97 Å². The summed E-state index contributed by atoms with van der Waals surface area (Å²) in [6.07, 6.45) is 6.25. The smallest absolute Gasteiger partial charge is 0.340 e. The summed E-state index contributed by atoms with van der Waals surface area (Å²) in [5.74, 6) is 0.511. The Morgan fingerprint density at radius 3 is 3.31 bits per heavy atom. The first kappa shape index (κ1) is 9.21. The first-order valence-electron chi connectivity index (χ1n) is 5.11. The SMILES string of the molecule is COC(=O)c1c[nH]c2c1-c1nccn1CC2. The molecule has 2 aromatic rings. The molecule has 0 saturated carbocycles. The van der Waals surface area contributed by atoms with E-state index in [1.165, 1.54) is 7.11 Å². The molecule has 3 heterocycles. The number of aromatic amines is 1. The van der Waals surface area contributed by atoms with Crippen molar-refractivity contribution in [3.63, 3.8) is 0 Å². The average molecular weight is 217 g/mol. The van der Waals surface area contributed by atoms with Crippen molar-refractivity contribution in [1.82, 2.24) is 14.5 Å². The van der Waals surface area contributed by atoms with Crippen molar-refractivity contribution in [3.8, 4) is 11.4 Å². The molecular formula is C11H11N3O2. The average Bonchev–Trinajstić information content (AvgIpc) is 2.92. The monoisotopic (exact) mass is 217 g/mol. The Labute approximate surface area is 92.1 Å². The number of H-pyrrole nitrogens is 1. The van der Waals surface area contributed by atoms with E-state index in [0.717, 1.165) is 30.0 Å². The number of fused-ring (bicyclic) bond motifs is 3. The minimum Gasteiger partial charge on any atom is -0.465 e. The summed E-state index contributed by atoms with van der Waals surface area (Å²) >= 11 is 0. The number of aryl methyl sites for hydroxylation is 2. The second-order valence-corrected chi connectivity index (χ2v) is 3.74. The molecule has 0 bridgehead atoms. The second kappa shape index (κ2) is 3.23. The Balaban J connectivity index is 2.21. The normalized spacial score (nSPS) is 13.1. The third-order valence-electron chi connectivity index (χ3n) is 2.91. The fourth-order valence-electron chi connectivity index (χ4n) is 2.14. The molecule has 0 atom stereocenters. The molecule has 1 aliphatic rings. The lowest BCUT2D eigenvalue weighted by molar-refractivity contribution is 0.0601. The van der Waals surface area contributed by atoms with Gasteiger partial charge in [0.05, 0.1) is 18.2 Å². The number of hydrogen-bond donors (Lipinski definition) is 1. The van der Waals surface area contributed by atoms with Crippen molar-refractivity contribution < 1.29 is 9.53 Å². The van der Waals surface area contributed by atoms with Gasteiger partial charge in [0.1, 0.15) is 5.82 Å². The number of rotatable bonds is 1. The number of methoxy groups -OCH3 is 1. The van der Waals surface area contributed by atoms with Crippen molar-refractivity contribution >= 4 is 5.97 Å². The number of aromatic nitrogens is 3. The van der Waals surface area contributed by atoms with E-state index in [4.69, 9.17) is 4.74 Å². The van der Waals surface area contributed by atoms with Crippen LogP contribution in [0.5, 0.6) is 0 Å². The highest BCUT2D eigenvalue weighted by molar-refractivity contribution is 5.97. The second-order valence-electron chi connectivity index (χ2n) is 3.74. The number of nitrogens with one attached hydrogen (secondary N) is 1. The van der Waals surface area contributed by atoms with Crippen LogP contribution in [0.25, 0.3) is 11.4 Å². The van der Waals surface area contributed by atoms with Crippen LogP contribution < -0.4 is 0 Å². The van der Waals surface area contributed by atoms with Crippen LogP contribution in [0.4, 0.5) is 0 Å². The summed E-state index contributed by atoms with van der Waals surface area (Å²) < 4.78 is 6.80. The lowest BCUT2D eigenvalue weighted by Gasteiger charge is -2.15. The highest BCUT2D eigenvalue weighted by Crippen LogP contribution is 2.31. The topological polar surface area (TPSA) is 59.9 Å². The molecule has 0 aromatic carbocycles. The summed E-state index contributed by atoms with van der Waals surface area (Å²) in [6.45, 7) is 0.892. The van der Waals surface area contributed by atoms with E-state index in [1.54, 1.807) is 12.4 Å². The number of ether oxygens (including phenoxy) is 1. The van der Waals surface area contributed by atoms with E-state index >= 15 is 0 Å². The number of nitrogens with zero attached hydrogens (tertiary/aromatic N) is 2. The highest BCUT2D eigenvalue weighted by Gasteiger charge is 2.25. The van der Waals surface area contributed by atoms with Crippen LogP contribution >= 0.6 is 0 Å². The molecule has 0 radical (unpaired) electrons. The van der Waals surface area contributed by atoms with Crippen LogP contribution in [0.1, 0.15) is 16.1 Å². The van der Waals surface area contributed by atoms with E-state index in [2.05, 4.69) is 9.97 Å². The number of carbonyl (C=O) groups excluding carboxylic acids is 1. The van der Waals surface area contributed by atoms with Gasteiger partial charge in [0, 0.05) is 37.3 Å². The Bertz CT molecular complexity index is 553. The molecule has 5 heteroatoms. The number of carbonyl (C=O) groups is 1. The van der Waals surface area contributed by atoms with Crippen LogP contribution in [0.15, 0.2) is 18.6 Å². The molecule has 0 amide bonds. The van der Waals surface area contributed by atoms with Crippen molar-refractivity contribution in [2.24, 2.45) is 0 Å². The molecule has 3 rings (SSSR count). The van der Waals surface area contributed by atoms with Gasteiger partial charge in [-0.15, -0.1) is 0 Å². The van der Waals surface area contributed by atoms with Crippen LogP contribution in [0.3, 0.4) is 0 Å². The molecule has 16 heavy (non-hydrogen) atoms. The summed E-state index contributed by atoms with van der Waals surface area (Å²) in [5, 5.41) is 0. The standard InChI is InChI=1S/C11H11N3O2/c1-16-11(15)7-6-13-8-2-4-14-5-3-12-10(14)9(7)8/h3,5-6,13H,2,4H2,1H3. The lowest BCUT2D eigenvalue weighted by atomic mass is 10.1. The Morgan fingerprint density at radius 1 is 1.62 bits per heavy atom. The third kappa shape index (κ3) is 1.11. The molecule has 1 aliphatic heterocycles. The van der Waals surface area contributed by atoms with Crippen LogP contribution in [-0.4, -0.2) is 27.6 Å². The van der Waals surface area contributed by atoms with E-state index in [1.807, 2.05) is 10.8 Å². The molecule has 0 unspecified atom stereocenters. The van der Waals surface area contributed by atoms with Crippen molar-refractivity contribution in [2.45, 2.75) is 13.0 Å². The molecule has 2 aromatic heterocycles. The highest BCUT2D eigenvalue weighted by atomic mass is 16.5. The van der Waals surface area contributed by atoms with Gasteiger partial charge in [-0.1, -0.05) is 0 Å². The van der Waals surface area contributed by atoms with E-state index in [-0.39, 0.29) is 5.97 Å². The molecule has 5 nitrogen and oxygen atoms in total. The predicted octanol–water partition coefficient (Wildman–Crippen LogP) is 1.22. The zero-order chi connectivity index (χ0) is 11.1. The van der Waals surface area contributed by atoms with Gasteiger partial charge in [-0.3, -0.25) is 0 Å². The zero-order valence-corrected chi connectivity index (χ0v) is 8.86. The van der Waals surface area contributed by atoms with Gasteiger partial charge < -0.3 is 14.3 Å². The van der Waals surface area contributed by atoms with E-state index in [0.29, 0.717) is 5.56 Å². The van der Waals surface area contributed by atoms with Gasteiger partial charge in [-0.25, -0.2) is 9.78 Å². The first-order chi connectivity index (χ1) is 7.81. The summed E-state index contributed by atoms with van der Waals surface area (Å²) in [5.41, 5.74) is 2.49. The van der Waals surface area contributed by atoms with E-state index < -0.39 is 0 Å². The van der Waals surface area contributed by atoms with Gasteiger partial charge in [-0.2, -0.15) is 0 Å². The Morgan fingerprint density at radius 2 is 2.50 bits per heavy atom. The van der Waals surface area contributed by atoms with Crippen molar-refractivity contribution in [1.29, 1.82) is 0 Å². The number of esters is 1. The van der Waals surface area contributed by atoms with Crippen LogP contribution in [-0.2, 0) is 17.7 Å². The fraction of sp³-hybridized carbons (Fsp3) is 0.273. The zero-order valence-electron chi connectivity index (χ0n) is 8.86. The fourth-order valence-corrected chi connectivity index (χ4v) is 2.14. The summed E-state index contributed by atoms with van der Waals surface area (Å²) in [4.78, 5) is 19.0. The molecule has 0 aliphatic carbocycles. The van der Waals surface area contributed by atoms with Crippen LogP contribution in [0.2, 0.25) is 0 Å². The minimum atomic E-state index is -0.325. The quantitative estimate of drug-likeness (QED) is 0.730. The Kier molecular flexibility index (Phi) is 1.86. The maximum atomic E-state index is 11.6. The maximum Gasteiger partial charge on any atom is 0.340 e. The molecule has 82 valence electrons. The molecule has 1 N–H and O–H groups in total. The van der Waals surface area contributed by atoms with Gasteiger partial charge in [0.2, 0.25) is 0 Å². The first-order valence-corrected chi connectivity index (χ1v) is 5.11. The Hall–Kier alpha value is -2.04. The molecule has 0 spiro atoms. The predicted molar refractivity (Wildman–Crippen MR) is 57.1 cm³/mol. The van der Waals surface area contributed by atoms with Gasteiger partial charge in [-0.05, 0) is 0 Å². The van der Waals surface area contributed by atoms with Crippen molar-refractivity contribution in [3.05, 3.63) is 29.8 Å². The molecule has 0 fully saturated rings. The van der Waals surface area contributed by atoms with E-state index in [9.17, 15) is 4.79 Å². The molecular weight excluding hydrogens is 206 g/mol. The lowest BCUT2D eigenvalue weighted by Crippen LogP contribution is -2.12. The number of hydrogen-bond acceptors (Lipinski definition) is 3. The van der Waals surface area contributed by atoms with Crippen LogP contribution in [0, 0.1) is 0 Å². The summed E-state index contributed by atoms with van der Waals surface area (Å²) in [6, 6.07) is 0. The largest absolute Gasteiger partial charge is 0.465 e. The molecule has 0 saturated heterocycles. The number of imidazole rings is 1. The summed E-state index contributed by atoms with van der Waals surface area (Å²) in [7, 11) is 1.39. The maximum absolute atomic E-state index is 11.6. The minimum absolute atomic E-state index is 0.325. The van der Waals surface area contributed by atoms with Gasteiger partial charge in [0.15, 0.2) is 0 Å².